The smallest absolute Gasteiger partial charge is 0.244 e. The molecule has 0 saturated carbocycles. The van der Waals surface area contributed by atoms with Crippen molar-refractivity contribution in [3.05, 3.63) is 34.7 Å². The Hall–Kier alpha value is -1.63. The van der Waals surface area contributed by atoms with E-state index in [4.69, 9.17) is 0 Å². The third-order valence-electron chi connectivity index (χ3n) is 1.76. The SMILES string of the molecule is O=c1[nH]nnn1-c1cccc(SCF)c1. The minimum atomic E-state index is -0.503. The average Bonchev–Trinajstić information content (AvgIpc) is 2.65. The molecular formula is C8H7FN4OS. The van der Waals surface area contributed by atoms with Gasteiger partial charge in [-0.3, -0.25) is 0 Å². The number of hydrogen-bond donors (Lipinski definition) is 1. The maximum Gasteiger partial charge on any atom is 0.365 e. The van der Waals surface area contributed by atoms with Crippen molar-refractivity contribution in [2.24, 2.45) is 0 Å². The van der Waals surface area contributed by atoms with E-state index in [0.717, 1.165) is 21.3 Å². The molecule has 1 aromatic heterocycles. The van der Waals surface area contributed by atoms with Gasteiger partial charge in [-0.2, -0.15) is 4.68 Å². The molecule has 0 spiro atoms. The van der Waals surface area contributed by atoms with Crippen LogP contribution in [0.15, 0.2) is 34.0 Å². The first-order chi connectivity index (χ1) is 7.31. The summed E-state index contributed by atoms with van der Waals surface area (Å²) in [6.07, 6.45) is 0. The van der Waals surface area contributed by atoms with Crippen molar-refractivity contribution < 1.29 is 4.39 Å². The lowest BCUT2D eigenvalue weighted by Gasteiger charge is -2.00. The summed E-state index contributed by atoms with van der Waals surface area (Å²) in [6.45, 7) is 0. The molecule has 0 aliphatic heterocycles. The zero-order valence-corrected chi connectivity index (χ0v) is 8.37. The zero-order valence-electron chi connectivity index (χ0n) is 7.55. The molecule has 0 bridgehead atoms. The van der Waals surface area contributed by atoms with E-state index in [1.54, 1.807) is 24.3 Å². The van der Waals surface area contributed by atoms with Crippen LogP contribution in [0.3, 0.4) is 0 Å². The van der Waals surface area contributed by atoms with Crippen LogP contribution >= 0.6 is 11.8 Å². The second kappa shape index (κ2) is 4.26. The average molecular weight is 226 g/mol. The van der Waals surface area contributed by atoms with Crippen LogP contribution in [0.25, 0.3) is 5.69 Å². The maximum atomic E-state index is 12.1. The van der Waals surface area contributed by atoms with E-state index >= 15 is 0 Å². The highest BCUT2D eigenvalue weighted by molar-refractivity contribution is 7.99. The fourth-order valence-corrected chi connectivity index (χ4v) is 1.64. The lowest BCUT2D eigenvalue weighted by Crippen LogP contribution is -2.15. The van der Waals surface area contributed by atoms with E-state index < -0.39 is 11.7 Å². The minimum Gasteiger partial charge on any atom is -0.244 e. The molecule has 2 aromatic rings. The summed E-state index contributed by atoms with van der Waals surface area (Å²) in [7, 11) is 0. The summed E-state index contributed by atoms with van der Waals surface area (Å²) in [4.78, 5) is 11.9. The Morgan fingerprint density at radius 2 is 2.40 bits per heavy atom. The maximum absolute atomic E-state index is 12.1. The topological polar surface area (TPSA) is 63.6 Å². The Labute approximate surface area is 88.3 Å². The van der Waals surface area contributed by atoms with Gasteiger partial charge in [-0.1, -0.05) is 17.8 Å². The minimum absolute atomic E-state index is 0.419. The lowest BCUT2D eigenvalue weighted by molar-refractivity contribution is 0.605. The predicted octanol–water partition coefficient (Wildman–Crippen LogP) is 0.975. The normalized spacial score (nSPS) is 10.5. The molecule has 1 aromatic carbocycles. The summed E-state index contributed by atoms with van der Waals surface area (Å²) >= 11 is 1.05. The number of nitrogens with zero attached hydrogens (tertiary/aromatic N) is 3. The van der Waals surface area contributed by atoms with Crippen LogP contribution in [0.1, 0.15) is 0 Å². The van der Waals surface area contributed by atoms with Crippen LogP contribution in [-0.2, 0) is 0 Å². The number of thioether (sulfide) groups is 1. The third kappa shape index (κ3) is 2.07. The first-order valence-corrected chi connectivity index (χ1v) is 5.09. The van der Waals surface area contributed by atoms with Gasteiger partial charge in [0.2, 0.25) is 0 Å². The van der Waals surface area contributed by atoms with Crippen LogP contribution in [0, 0.1) is 0 Å². The number of nitrogens with one attached hydrogen (secondary N) is 1. The standard InChI is InChI=1S/C8H7FN4OS/c9-5-15-7-3-1-2-6(4-7)13-8(14)10-11-12-13/h1-4H,5H2,(H,10,12,14). The van der Waals surface area contributed by atoms with E-state index in [9.17, 15) is 9.18 Å². The molecule has 0 saturated heterocycles. The molecule has 0 atom stereocenters. The fraction of sp³-hybridized carbons (Fsp3) is 0.125. The number of alkyl halides is 1. The van der Waals surface area contributed by atoms with E-state index in [1.165, 1.54) is 0 Å². The van der Waals surface area contributed by atoms with Gasteiger partial charge >= 0.3 is 5.69 Å². The summed E-state index contributed by atoms with van der Waals surface area (Å²) in [5.74, 6) is 0. The van der Waals surface area contributed by atoms with Crippen molar-refractivity contribution in [2.75, 3.05) is 6.01 Å². The van der Waals surface area contributed by atoms with Gasteiger partial charge in [-0.25, -0.2) is 14.3 Å². The molecule has 2 rings (SSSR count). The van der Waals surface area contributed by atoms with E-state index in [2.05, 4.69) is 15.5 Å². The van der Waals surface area contributed by atoms with Crippen molar-refractivity contribution in [2.45, 2.75) is 4.90 Å². The number of tetrazole rings is 1. The van der Waals surface area contributed by atoms with Crippen molar-refractivity contribution in [1.29, 1.82) is 0 Å². The second-order valence-corrected chi connectivity index (χ2v) is 3.65. The molecule has 1 heterocycles. The van der Waals surface area contributed by atoms with Crippen molar-refractivity contribution in [1.82, 2.24) is 20.2 Å². The molecule has 0 aliphatic rings. The third-order valence-corrected chi connectivity index (χ3v) is 2.45. The largest absolute Gasteiger partial charge is 0.365 e. The molecule has 0 aliphatic carbocycles. The molecule has 7 heteroatoms. The van der Waals surface area contributed by atoms with Crippen molar-refractivity contribution in [3.63, 3.8) is 0 Å². The summed E-state index contributed by atoms with van der Waals surface area (Å²) in [6, 6.07) is 6.37. The number of halogens is 1. The van der Waals surface area contributed by atoms with Crippen LogP contribution in [-0.4, -0.2) is 26.2 Å². The van der Waals surface area contributed by atoms with Crippen molar-refractivity contribution in [3.8, 4) is 5.69 Å². The van der Waals surface area contributed by atoms with Crippen LogP contribution < -0.4 is 5.69 Å². The highest BCUT2D eigenvalue weighted by atomic mass is 32.2. The number of H-pyrrole nitrogens is 1. The Morgan fingerprint density at radius 1 is 1.53 bits per heavy atom. The van der Waals surface area contributed by atoms with E-state index in [-0.39, 0.29) is 0 Å². The van der Waals surface area contributed by atoms with Gasteiger partial charge in [0.05, 0.1) is 5.69 Å². The zero-order chi connectivity index (χ0) is 10.7. The Morgan fingerprint density at radius 3 is 3.07 bits per heavy atom. The lowest BCUT2D eigenvalue weighted by atomic mass is 10.3. The van der Waals surface area contributed by atoms with Crippen LogP contribution in [0.2, 0.25) is 0 Å². The first-order valence-electron chi connectivity index (χ1n) is 4.11. The fourth-order valence-electron chi connectivity index (χ4n) is 1.13. The highest BCUT2D eigenvalue weighted by Crippen LogP contribution is 2.19. The summed E-state index contributed by atoms with van der Waals surface area (Å²) in [5, 5.41) is 9.14. The molecule has 1 N–H and O–H groups in total. The van der Waals surface area contributed by atoms with Gasteiger partial charge in [0.15, 0.2) is 0 Å². The monoisotopic (exact) mass is 226 g/mol. The van der Waals surface area contributed by atoms with Gasteiger partial charge in [-0.05, 0) is 28.6 Å². The summed E-state index contributed by atoms with van der Waals surface area (Å²) in [5.41, 5.74) is 0.143. The number of rotatable bonds is 3. The van der Waals surface area contributed by atoms with E-state index in [1.807, 2.05) is 0 Å². The number of hydrogen-bond acceptors (Lipinski definition) is 4. The molecule has 5 nitrogen and oxygen atoms in total. The number of aromatic amines is 1. The van der Waals surface area contributed by atoms with Crippen molar-refractivity contribution >= 4 is 11.8 Å². The Balaban J connectivity index is 2.41. The van der Waals surface area contributed by atoms with Gasteiger partial charge in [0.25, 0.3) is 0 Å². The van der Waals surface area contributed by atoms with Crippen LogP contribution in [0.4, 0.5) is 4.39 Å². The predicted molar refractivity (Wildman–Crippen MR) is 53.8 cm³/mol. The molecule has 15 heavy (non-hydrogen) atoms. The highest BCUT2D eigenvalue weighted by Gasteiger charge is 2.03. The molecule has 0 fully saturated rings. The first kappa shape index (κ1) is 9.91. The summed E-state index contributed by atoms with van der Waals surface area (Å²) < 4.78 is 13.2. The molecule has 0 unspecified atom stereocenters. The van der Waals surface area contributed by atoms with Gasteiger partial charge in [-0.15, -0.1) is 0 Å². The van der Waals surface area contributed by atoms with E-state index in [0.29, 0.717) is 5.69 Å². The van der Waals surface area contributed by atoms with Gasteiger partial charge in [0.1, 0.15) is 6.01 Å². The quantitative estimate of drug-likeness (QED) is 0.792. The molecular weight excluding hydrogens is 219 g/mol. The Kier molecular flexibility index (Phi) is 2.82. The van der Waals surface area contributed by atoms with Gasteiger partial charge in [0, 0.05) is 4.90 Å². The molecule has 78 valence electrons. The molecule has 0 amide bonds. The molecule has 0 radical (unpaired) electrons. The van der Waals surface area contributed by atoms with Gasteiger partial charge < -0.3 is 0 Å². The van der Waals surface area contributed by atoms with Crippen LogP contribution in [0.5, 0.6) is 0 Å². The Bertz CT molecular complexity index is 509. The number of benzene rings is 1. The second-order valence-electron chi connectivity index (χ2n) is 2.67. The number of aromatic nitrogens is 4.